The molecule has 0 heterocycles. The van der Waals surface area contributed by atoms with Crippen molar-refractivity contribution in [3.63, 3.8) is 0 Å². The summed E-state index contributed by atoms with van der Waals surface area (Å²) in [6.45, 7) is 7.01. The molecule has 5 nitrogen and oxygen atoms in total. The second-order valence-corrected chi connectivity index (χ2v) is 8.54. The topological polar surface area (TPSA) is 72.5 Å². The van der Waals surface area contributed by atoms with Crippen LogP contribution < -0.4 is 10.1 Å². The van der Waals surface area contributed by atoms with Crippen molar-refractivity contribution < 1.29 is 17.9 Å². The number of nitrogens with one attached hydrogen (secondary N) is 1. The molecule has 1 N–H and O–H groups in total. The van der Waals surface area contributed by atoms with Gasteiger partial charge in [-0.25, -0.2) is 8.42 Å². The van der Waals surface area contributed by atoms with Crippen LogP contribution in [0.5, 0.6) is 5.75 Å². The number of hydrogen-bond donors (Lipinski definition) is 1. The molecule has 0 saturated carbocycles. The Morgan fingerprint density at radius 2 is 1.91 bits per heavy atom. The summed E-state index contributed by atoms with van der Waals surface area (Å²) in [5.41, 5.74) is 0.547. The van der Waals surface area contributed by atoms with Crippen molar-refractivity contribution >= 4 is 15.7 Å². The van der Waals surface area contributed by atoms with Crippen LogP contribution >= 0.6 is 0 Å². The molecule has 0 radical (unpaired) electrons. The molecular weight excluding hydrogens is 302 g/mol. The van der Waals surface area contributed by atoms with E-state index in [2.05, 4.69) is 26.1 Å². The van der Waals surface area contributed by atoms with Gasteiger partial charge in [0.2, 0.25) is 0 Å². The number of carbonyl (C=O) groups excluding carboxylic acids is 1. The third-order valence-electron chi connectivity index (χ3n) is 3.21. The predicted octanol–water partition coefficient (Wildman–Crippen LogP) is 2.65. The number of benzene rings is 1. The fourth-order valence-corrected chi connectivity index (χ4v) is 2.89. The number of sulfone groups is 1. The highest BCUT2D eigenvalue weighted by Gasteiger charge is 2.17. The molecule has 0 bridgehead atoms. The fraction of sp³-hybridized carbons (Fsp3) is 0.562. The molecule has 124 valence electrons. The van der Waals surface area contributed by atoms with Crippen LogP contribution in [0.25, 0.3) is 0 Å². The van der Waals surface area contributed by atoms with Gasteiger partial charge in [0.25, 0.3) is 5.91 Å². The van der Waals surface area contributed by atoms with Crippen molar-refractivity contribution in [2.45, 2.75) is 38.5 Å². The number of ether oxygens (including phenoxy) is 1. The van der Waals surface area contributed by atoms with Gasteiger partial charge in [0, 0.05) is 18.4 Å². The normalized spacial score (nSPS) is 12.0. The molecule has 1 rings (SSSR count). The van der Waals surface area contributed by atoms with E-state index in [9.17, 15) is 13.2 Å². The van der Waals surface area contributed by atoms with Crippen LogP contribution in [0.1, 0.15) is 44.0 Å². The number of hydrogen-bond acceptors (Lipinski definition) is 4. The molecule has 0 spiro atoms. The van der Waals surface area contributed by atoms with Crippen LogP contribution in [0, 0.1) is 5.41 Å². The van der Waals surface area contributed by atoms with Crippen molar-refractivity contribution in [3.05, 3.63) is 23.8 Å². The van der Waals surface area contributed by atoms with Crippen LogP contribution in [-0.4, -0.2) is 34.2 Å². The summed E-state index contributed by atoms with van der Waals surface area (Å²) in [7, 11) is -2.05. The molecule has 0 fully saturated rings. The van der Waals surface area contributed by atoms with Gasteiger partial charge in [-0.1, -0.05) is 20.8 Å². The lowest BCUT2D eigenvalue weighted by molar-refractivity contribution is 0.0951. The molecule has 1 amide bonds. The van der Waals surface area contributed by atoms with Gasteiger partial charge in [0.1, 0.15) is 10.6 Å². The number of carbonyl (C=O) groups is 1. The third kappa shape index (κ3) is 5.67. The van der Waals surface area contributed by atoms with E-state index >= 15 is 0 Å². The first-order chi connectivity index (χ1) is 10.0. The Morgan fingerprint density at radius 3 is 2.41 bits per heavy atom. The molecule has 1 aromatic carbocycles. The van der Waals surface area contributed by atoms with E-state index in [4.69, 9.17) is 4.74 Å². The smallest absolute Gasteiger partial charge is 0.251 e. The zero-order valence-electron chi connectivity index (χ0n) is 13.9. The van der Waals surface area contributed by atoms with Crippen LogP contribution in [0.2, 0.25) is 0 Å². The van der Waals surface area contributed by atoms with Gasteiger partial charge in [0.05, 0.1) is 7.11 Å². The molecule has 0 aliphatic rings. The van der Waals surface area contributed by atoms with Crippen LogP contribution in [0.15, 0.2) is 23.1 Å². The van der Waals surface area contributed by atoms with Crippen LogP contribution in [0.3, 0.4) is 0 Å². The van der Waals surface area contributed by atoms with E-state index in [-0.39, 0.29) is 22.0 Å². The van der Waals surface area contributed by atoms with E-state index in [0.29, 0.717) is 12.1 Å². The molecular formula is C16H25NO4S. The number of methoxy groups -OCH3 is 1. The molecule has 0 aliphatic carbocycles. The van der Waals surface area contributed by atoms with Gasteiger partial charge in [-0.15, -0.1) is 0 Å². The predicted molar refractivity (Wildman–Crippen MR) is 87.1 cm³/mol. The summed E-state index contributed by atoms with van der Waals surface area (Å²) >= 11 is 0. The first-order valence-corrected chi connectivity index (χ1v) is 9.10. The highest BCUT2D eigenvalue weighted by molar-refractivity contribution is 7.90. The minimum atomic E-state index is -3.45. The fourth-order valence-electron chi connectivity index (χ4n) is 2.03. The van der Waals surface area contributed by atoms with Gasteiger partial charge in [0.15, 0.2) is 9.84 Å². The largest absolute Gasteiger partial charge is 0.495 e. The molecule has 22 heavy (non-hydrogen) atoms. The highest BCUT2D eigenvalue weighted by Crippen LogP contribution is 2.25. The average molecular weight is 327 g/mol. The van der Waals surface area contributed by atoms with E-state index in [1.165, 1.54) is 19.2 Å². The van der Waals surface area contributed by atoms with Crippen molar-refractivity contribution in [1.82, 2.24) is 5.32 Å². The second kappa shape index (κ2) is 7.13. The molecule has 0 aliphatic heterocycles. The molecule has 0 atom stereocenters. The number of amides is 1. The quantitative estimate of drug-likeness (QED) is 0.815. The minimum Gasteiger partial charge on any atom is -0.495 e. The SMILES string of the molecule is COc1ccc(C(=O)NCCCC(C)(C)C)cc1S(C)(=O)=O. The first-order valence-electron chi connectivity index (χ1n) is 7.21. The molecule has 0 aromatic heterocycles. The summed E-state index contributed by atoms with van der Waals surface area (Å²) in [4.78, 5) is 12.1. The number of rotatable bonds is 6. The Morgan fingerprint density at radius 1 is 1.27 bits per heavy atom. The lowest BCUT2D eigenvalue weighted by Crippen LogP contribution is -2.25. The Hall–Kier alpha value is -1.56. The lowest BCUT2D eigenvalue weighted by atomic mass is 9.91. The van der Waals surface area contributed by atoms with Gasteiger partial charge in [-0.2, -0.15) is 0 Å². The van der Waals surface area contributed by atoms with Gasteiger partial charge in [-0.3, -0.25) is 4.79 Å². The lowest BCUT2D eigenvalue weighted by Gasteiger charge is -2.17. The van der Waals surface area contributed by atoms with Crippen molar-refractivity contribution in [2.24, 2.45) is 5.41 Å². The van der Waals surface area contributed by atoms with Crippen molar-refractivity contribution in [3.8, 4) is 5.75 Å². The van der Waals surface area contributed by atoms with E-state index in [1.54, 1.807) is 6.07 Å². The maximum Gasteiger partial charge on any atom is 0.251 e. The van der Waals surface area contributed by atoms with Gasteiger partial charge >= 0.3 is 0 Å². The summed E-state index contributed by atoms with van der Waals surface area (Å²) < 4.78 is 28.5. The van der Waals surface area contributed by atoms with E-state index in [0.717, 1.165) is 19.1 Å². The first kappa shape index (κ1) is 18.5. The maximum atomic E-state index is 12.1. The Balaban J connectivity index is 2.79. The summed E-state index contributed by atoms with van der Waals surface area (Å²) in [6.07, 6.45) is 2.98. The monoisotopic (exact) mass is 327 g/mol. The Bertz CT molecular complexity index is 630. The maximum absolute atomic E-state index is 12.1. The van der Waals surface area contributed by atoms with Crippen molar-refractivity contribution in [2.75, 3.05) is 19.9 Å². The molecule has 0 saturated heterocycles. The van der Waals surface area contributed by atoms with Crippen LogP contribution in [0.4, 0.5) is 0 Å². The standard InChI is InChI=1S/C16H25NO4S/c1-16(2,3)9-6-10-17-15(18)12-7-8-13(21-4)14(11-12)22(5,19)20/h7-8,11H,6,9-10H2,1-5H3,(H,17,18). The Labute approximate surface area is 133 Å². The van der Waals surface area contributed by atoms with Gasteiger partial charge < -0.3 is 10.1 Å². The zero-order chi connectivity index (χ0) is 17.0. The zero-order valence-corrected chi connectivity index (χ0v) is 14.7. The molecule has 1 aromatic rings. The summed E-state index contributed by atoms with van der Waals surface area (Å²) in [5.74, 6) is -0.0340. The van der Waals surface area contributed by atoms with E-state index in [1.807, 2.05) is 0 Å². The van der Waals surface area contributed by atoms with Gasteiger partial charge in [-0.05, 0) is 36.5 Å². The average Bonchev–Trinajstić information content (AvgIpc) is 2.40. The molecule has 0 unspecified atom stereocenters. The summed E-state index contributed by atoms with van der Waals surface area (Å²) in [6, 6.07) is 4.42. The third-order valence-corrected chi connectivity index (χ3v) is 4.33. The second-order valence-electron chi connectivity index (χ2n) is 6.56. The van der Waals surface area contributed by atoms with Crippen molar-refractivity contribution in [1.29, 1.82) is 0 Å². The minimum absolute atomic E-state index is 0.0253. The van der Waals surface area contributed by atoms with E-state index < -0.39 is 9.84 Å². The Kier molecular flexibility index (Phi) is 6.00. The summed E-state index contributed by atoms with van der Waals surface area (Å²) in [5, 5.41) is 2.81. The van der Waals surface area contributed by atoms with Crippen LogP contribution in [-0.2, 0) is 9.84 Å². The highest BCUT2D eigenvalue weighted by atomic mass is 32.2. The molecule has 6 heteroatoms.